The second kappa shape index (κ2) is 3.48. The molecule has 0 fully saturated rings. The van der Waals surface area contributed by atoms with Gasteiger partial charge in [-0.05, 0) is 12.1 Å². The summed E-state index contributed by atoms with van der Waals surface area (Å²) in [7, 11) is 7.98. The Balaban J connectivity index is 2.86. The molecule has 0 aromatic heterocycles. The highest BCUT2D eigenvalue weighted by molar-refractivity contribution is 5.53. The van der Waals surface area contributed by atoms with Crippen LogP contribution in [0.2, 0.25) is 0 Å². The van der Waals surface area contributed by atoms with Crippen LogP contribution >= 0.6 is 0 Å². The highest BCUT2D eigenvalue weighted by Crippen LogP contribution is 2.15. The Morgan fingerprint density at radius 1 is 0.833 bits per heavy atom. The van der Waals surface area contributed by atoms with Crippen molar-refractivity contribution in [2.75, 3.05) is 38.0 Å². The predicted molar refractivity (Wildman–Crippen MR) is 52.8 cm³/mol. The minimum atomic E-state index is 1.06. The van der Waals surface area contributed by atoms with Crippen LogP contribution in [0.25, 0.3) is 0 Å². The minimum absolute atomic E-state index is 1.06. The van der Waals surface area contributed by atoms with E-state index in [2.05, 4.69) is 12.1 Å². The van der Waals surface area contributed by atoms with E-state index in [1.165, 1.54) is 0 Å². The van der Waals surface area contributed by atoms with Crippen LogP contribution in [0.4, 0.5) is 11.4 Å². The predicted octanol–water partition coefficient (Wildman–Crippen LogP) is 1.42. The summed E-state index contributed by atoms with van der Waals surface area (Å²) in [5.74, 6) is 0. The lowest BCUT2D eigenvalue weighted by molar-refractivity contribution is 1.11. The monoisotopic (exact) mass is 162 g/mol. The van der Waals surface area contributed by atoms with Crippen LogP contribution in [0.5, 0.6) is 0 Å². The Hall–Kier alpha value is -1.18. The van der Waals surface area contributed by atoms with Crippen molar-refractivity contribution in [2.45, 2.75) is 0 Å². The van der Waals surface area contributed by atoms with Crippen LogP contribution in [-0.2, 0) is 0 Å². The van der Waals surface area contributed by atoms with Crippen molar-refractivity contribution in [1.29, 1.82) is 0 Å². The van der Waals surface area contributed by atoms with Gasteiger partial charge in [-0.2, -0.15) is 0 Å². The molecule has 2 radical (unpaired) electrons. The molecule has 0 spiro atoms. The Morgan fingerprint density at radius 3 is 1.33 bits per heavy atom. The van der Waals surface area contributed by atoms with Crippen LogP contribution < -0.4 is 9.80 Å². The largest absolute Gasteiger partial charge is 0.377 e. The maximum atomic E-state index is 3.17. The first-order valence-electron chi connectivity index (χ1n) is 3.89. The second-order valence-electron chi connectivity index (χ2n) is 3.14. The van der Waals surface area contributed by atoms with Crippen molar-refractivity contribution >= 4 is 11.4 Å². The molecule has 2 nitrogen and oxygen atoms in total. The van der Waals surface area contributed by atoms with Gasteiger partial charge in [-0.1, -0.05) is 0 Å². The molecule has 1 aromatic carbocycles. The van der Waals surface area contributed by atoms with Crippen LogP contribution in [0, 0.1) is 12.1 Å². The molecule has 0 aliphatic rings. The standard InChI is InChI=1S/C10H14N2/c1-11(2)9-5-7-10(8-6-9)12(3)4/h5,8H,1-4H3. The molecule has 1 rings (SSSR count). The van der Waals surface area contributed by atoms with E-state index in [9.17, 15) is 0 Å². The molecular weight excluding hydrogens is 148 g/mol. The van der Waals surface area contributed by atoms with Crippen LogP contribution in [0.15, 0.2) is 12.1 Å². The molecule has 0 atom stereocenters. The smallest absolute Gasteiger partial charge is 0.0449 e. The number of rotatable bonds is 2. The summed E-state index contributed by atoms with van der Waals surface area (Å²) < 4.78 is 0. The number of hydrogen-bond donors (Lipinski definition) is 0. The van der Waals surface area contributed by atoms with Gasteiger partial charge in [0.15, 0.2) is 0 Å². The van der Waals surface area contributed by atoms with E-state index >= 15 is 0 Å². The van der Waals surface area contributed by atoms with E-state index in [-0.39, 0.29) is 0 Å². The number of hydrogen-bond acceptors (Lipinski definition) is 2. The molecule has 1 aromatic rings. The summed E-state index contributed by atoms with van der Waals surface area (Å²) in [5, 5.41) is 0. The van der Waals surface area contributed by atoms with Crippen molar-refractivity contribution in [2.24, 2.45) is 0 Å². The summed E-state index contributed by atoms with van der Waals surface area (Å²) in [6, 6.07) is 10.2. The van der Waals surface area contributed by atoms with Gasteiger partial charge in [-0.3, -0.25) is 0 Å². The van der Waals surface area contributed by atoms with Gasteiger partial charge >= 0.3 is 0 Å². The lowest BCUT2D eigenvalue weighted by atomic mass is 10.2. The third-order valence-corrected chi connectivity index (χ3v) is 1.68. The number of nitrogens with zero attached hydrogens (tertiary/aromatic N) is 2. The Labute approximate surface area is 74.4 Å². The zero-order valence-electron chi connectivity index (χ0n) is 8.05. The molecule has 0 amide bonds. The molecule has 0 aliphatic carbocycles. The number of benzene rings is 1. The van der Waals surface area contributed by atoms with E-state index in [1.54, 1.807) is 0 Å². The van der Waals surface area contributed by atoms with Crippen molar-refractivity contribution < 1.29 is 0 Å². The molecule has 0 aliphatic heterocycles. The summed E-state index contributed by atoms with van der Waals surface area (Å²) in [6.07, 6.45) is 0. The topological polar surface area (TPSA) is 6.48 Å². The fourth-order valence-electron chi connectivity index (χ4n) is 0.884. The van der Waals surface area contributed by atoms with Gasteiger partial charge in [0.1, 0.15) is 0 Å². The van der Waals surface area contributed by atoms with Gasteiger partial charge in [0.25, 0.3) is 0 Å². The van der Waals surface area contributed by atoms with Gasteiger partial charge in [0, 0.05) is 51.7 Å². The fourth-order valence-corrected chi connectivity index (χ4v) is 0.884. The van der Waals surface area contributed by atoms with Crippen molar-refractivity contribution in [3.8, 4) is 0 Å². The molecule has 12 heavy (non-hydrogen) atoms. The minimum Gasteiger partial charge on any atom is -0.377 e. The molecule has 0 saturated heterocycles. The fraction of sp³-hybridized carbons (Fsp3) is 0.400. The Morgan fingerprint density at radius 2 is 1.17 bits per heavy atom. The van der Waals surface area contributed by atoms with E-state index in [1.807, 2.05) is 50.1 Å². The average Bonchev–Trinajstić information content (AvgIpc) is 2.04. The van der Waals surface area contributed by atoms with E-state index in [0.717, 1.165) is 11.4 Å². The molecule has 0 bridgehead atoms. The molecular formula is C10H14N2. The number of anilines is 2. The molecule has 64 valence electrons. The zero-order valence-corrected chi connectivity index (χ0v) is 8.05. The third-order valence-electron chi connectivity index (χ3n) is 1.68. The van der Waals surface area contributed by atoms with Gasteiger partial charge in [0.2, 0.25) is 0 Å². The van der Waals surface area contributed by atoms with Crippen LogP contribution in [-0.4, -0.2) is 28.2 Å². The first-order valence-corrected chi connectivity index (χ1v) is 3.89. The van der Waals surface area contributed by atoms with Crippen molar-refractivity contribution in [3.63, 3.8) is 0 Å². The lowest BCUT2D eigenvalue weighted by Gasteiger charge is -2.15. The van der Waals surface area contributed by atoms with Crippen LogP contribution in [0.1, 0.15) is 0 Å². The first-order chi connectivity index (χ1) is 5.61. The average molecular weight is 162 g/mol. The van der Waals surface area contributed by atoms with Gasteiger partial charge in [0.05, 0.1) is 0 Å². The van der Waals surface area contributed by atoms with E-state index < -0.39 is 0 Å². The lowest BCUT2D eigenvalue weighted by Crippen LogP contribution is -2.11. The van der Waals surface area contributed by atoms with Crippen molar-refractivity contribution in [3.05, 3.63) is 24.3 Å². The molecule has 2 heteroatoms. The highest BCUT2D eigenvalue weighted by atomic mass is 15.1. The quantitative estimate of drug-likeness (QED) is 0.649. The Bertz CT molecular complexity index is 210. The maximum absolute atomic E-state index is 3.17. The van der Waals surface area contributed by atoms with E-state index in [0.29, 0.717) is 0 Å². The zero-order chi connectivity index (χ0) is 9.14. The Kier molecular flexibility index (Phi) is 2.58. The summed E-state index contributed by atoms with van der Waals surface area (Å²) in [5.41, 5.74) is 2.11. The third kappa shape index (κ3) is 1.91. The molecule has 0 unspecified atom stereocenters. The summed E-state index contributed by atoms with van der Waals surface area (Å²) in [6.45, 7) is 0. The van der Waals surface area contributed by atoms with E-state index in [4.69, 9.17) is 0 Å². The summed E-state index contributed by atoms with van der Waals surface area (Å²) in [4.78, 5) is 4.02. The molecule has 0 N–H and O–H groups in total. The van der Waals surface area contributed by atoms with Crippen LogP contribution in [0.3, 0.4) is 0 Å². The second-order valence-corrected chi connectivity index (χ2v) is 3.14. The maximum Gasteiger partial charge on any atom is 0.0449 e. The van der Waals surface area contributed by atoms with Gasteiger partial charge < -0.3 is 9.80 Å². The molecule has 0 heterocycles. The SMILES string of the molecule is CN(C)c1[c]cc(N(C)C)[c]c1. The normalized spacial score (nSPS) is 9.67. The highest BCUT2D eigenvalue weighted by Gasteiger charge is 1.97. The van der Waals surface area contributed by atoms with Crippen molar-refractivity contribution in [1.82, 2.24) is 0 Å². The van der Waals surface area contributed by atoms with Gasteiger partial charge in [-0.25, -0.2) is 0 Å². The first kappa shape index (κ1) is 8.91. The molecule has 0 saturated carbocycles. The summed E-state index contributed by atoms with van der Waals surface area (Å²) >= 11 is 0. The van der Waals surface area contributed by atoms with Gasteiger partial charge in [-0.15, -0.1) is 0 Å².